The molecule has 0 fully saturated rings. The molecule has 1 aromatic carbocycles. The van der Waals surface area contributed by atoms with Crippen molar-refractivity contribution in [1.29, 1.82) is 0 Å². The minimum atomic E-state index is -0.916. The van der Waals surface area contributed by atoms with Gasteiger partial charge in [-0.1, -0.05) is 26.0 Å². The van der Waals surface area contributed by atoms with E-state index in [2.05, 4.69) is 44.3 Å². The minimum absolute atomic E-state index is 0.287. The van der Waals surface area contributed by atoms with Crippen LogP contribution in [0.15, 0.2) is 36.4 Å². The number of carboxylic acid groups (broad SMARTS) is 1. The molecule has 0 aliphatic carbocycles. The van der Waals surface area contributed by atoms with Crippen molar-refractivity contribution < 1.29 is 9.90 Å². The van der Waals surface area contributed by atoms with Gasteiger partial charge in [-0.15, -0.1) is 0 Å². The summed E-state index contributed by atoms with van der Waals surface area (Å²) in [6.07, 6.45) is 1.00. The third-order valence-corrected chi connectivity index (χ3v) is 4.75. The van der Waals surface area contributed by atoms with Crippen molar-refractivity contribution in [2.45, 2.75) is 47.1 Å². The number of benzene rings is 1. The summed E-state index contributed by atoms with van der Waals surface area (Å²) < 4.78 is 2.13. The van der Waals surface area contributed by atoms with Gasteiger partial charge in [0.1, 0.15) is 5.69 Å². The van der Waals surface area contributed by atoms with Crippen molar-refractivity contribution >= 4 is 5.97 Å². The van der Waals surface area contributed by atoms with Gasteiger partial charge in [0.15, 0.2) is 0 Å². The Bertz CT molecular complexity index is 947. The molecular weight excluding hydrogens is 338 g/mol. The first-order chi connectivity index (χ1) is 12.8. The van der Waals surface area contributed by atoms with Crippen LogP contribution in [0, 0.1) is 12.8 Å². The Balaban J connectivity index is 1.97. The van der Waals surface area contributed by atoms with Gasteiger partial charge in [-0.2, -0.15) is 5.10 Å². The highest BCUT2D eigenvalue weighted by Gasteiger charge is 2.19. The Morgan fingerprint density at radius 1 is 1.07 bits per heavy atom. The number of aromatic carboxylic acids is 1. The first kappa shape index (κ1) is 19.0. The van der Waals surface area contributed by atoms with Crippen LogP contribution in [0.5, 0.6) is 0 Å². The molecule has 0 spiro atoms. The van der Waals surface area contributed by atoms with Crippen LogP contribution < -0.4 is 0 Å². The fourth-order valence-corrected chi connectivity index (χ4v) is 3.36. The van der Waals surface area contributed by atoms with Gasteiger partial charge in [-0.25, -0.2) is 4.79 Å². The molecule has 2 heterocycles. The van der Waals surface area contributed by atoms with Crippen molar-refractivity contribution in [2.75, 3.05) is 0 Å². The van der Waals surface area contributed by atoms with Gasteiger partial charge in [0.05, 0.1) is 11.3 Å². The van der Waals surface area contributed by atoms with E-state index < -0.39 is 5.97 Å². The number of carbonyl (C=O) groups is 1. The molecule has 0 aliphatic rings. The van der Waals surface area contributed by atoms with E-state index in [-0.39, 0.29) is 5.56 Å². The summed E-state index contributed by atoms with van der Waals surface area (Å²) >= 11 is 0. The molecule has 3 aromatic rings. The van der Waals surface area contributed by atoms with E-state index in [9.17, 15) is 4.79 Å². The van der Waals surface area contributed by atoms with Gasteiger partial charge >= 0.3 is 5.97 Å². The number of nitrogens with one attached hydrogen (secondary N) is 1. The fraction of sp³-hybridized carbons (Fsp3) is 0.364. The maximum Gasteiger partial charge on any atom is 0.335 e. The van der Waals surface area contributed by atoms with E-state index in [0.29, 0.717) is 12.0 Å². The van der Waals surface area contributed by atoms with Crippen molar-refractivity contribution in [1.82, 2.24) is 14.8 Å². The summed E-state index contributed by atoms with van der Waals surface area (Å²) in [5, 5.41) is 13.9. The molecule has 5 heteroatoms. The Hall–Kier alpha value is -2.82. The Labute approximate surface area is 160 Å². The van der Waals surface area contributed by atoms with Crippen molar-refractivity contribution in [3.05, 3.63) is 53.2 Å². The zero-order valence-corrected chi connectivity index (χ0v) is 16.6. The maximum absolute atomic E-state index is 11.0. The molecule has 0 saturated carbocycles. The molecule has 27 heavy (non-hydrogen) atoms. The fourth-order valence-electron chi connectivity index (χ4n) is 3.36. The van der Waals surface area contributed by atoms with Gasteiger partial charge in [0.2, 0.25) is 0 Å². The number of carboxylic acids is 1. The van der Waals surface area contributed by atoms with Gasteiger partial charge < -0.3 is 10.1 Å². The lowest BCUT2D eigenvalue weighted by molar-refractivity contribution is 0.0697. The number of aromatic amines is 1. The highest BCUT2D eigenvalue weighted by atomic mass is 16.4. The Morgan fingerprint density at radius 2 is 1.70 bits per heavy atom. The summed E-state index contributed by atoms with van der Waals surface area (Å²) in [6.45, 7) is 10.9. The normalized spacial score (nSPS) is 11.5. The largest absolute Gasteiger partial charge is 0.478 e. The molecule has 0 radical (unpaired) electrons. The van der Waals surface area contributed by atoms with Crippen LogP contribution in [0.4, 0.5) is 0 Å². The van der Waals surface area contributed by atoms with Gasteiger partial charge in [0.25, 0.3) is 0 Å². The summed E-state index contributed by atoms with van der Waals surface area (Å²) in [7, 11) is 0. The number of nitrogens with zero attached hydrogens (tertiary/aromatic N) is 2. The minimum Gasteiger partial charge on any atom is -0.478 e. The van der Waals surface area contributed by atoms with Gasteiger partial charge in [0, 0.05) is 17.4 Å². The maximum atomic E-state index is 11.0. The first-order valence-electron chi connectivity index (χ1n) is 9.39. The Kier molecular flexibility index (Phi) is 5.22. The molecule has 2 N–H and O–H groups in total. The molecule has 142 valence electrons. The highest BCUT2D eigenvalue weighted by Crippen LogP contribution is 2.30. The highest BCUT2D eigenvalue weighted by molar-refractivity contribution is 5.88. The van der Waals surface area contributed by atoms with Crippen molar-refractivity contribution in [3.63, 3.8) is 0 Å². The van der Waals surface area contributed by atoms with Gasteiger partial charge in [-0.3, -0.25) is 4.68 Å². The average molecular weight is 365 g/mol. The lowest BCUT2D eigenvalue weighted by atomic mass is 10.0. The number of aromatic nitrogens is 3. The average Bonchev–Trinajstić information content (AvgIpc) is 3.20. The SMILES string of the molecule is Cc1c(-c2ccc(-c3ccc(C(=O)O)cc3)[nH]2)nn(C(C)C)c1CC(C)C. The van der Waals surface area contributed by atoms with E-state index in [1.54, 1.807) is 12.1 Å². The molecule has 0 unspecified atom stereocenters. The molecular formula is C22H27N3O2. The van der Waals surface area contributed by atoms with E-state index in [1.165, 1.54) is 11.3 Å². The zero-order chi connectivity index (χ0) is 19.7. The van der Waals surface area contributed by atoms with Crippen LogP contribution in [-0.2, 0) is 6.42 Å². The lowest BCUT2D eigenvalue weighted by Gasteiger charge is -2.13. The summed E-state index contributed by atoms with van der Waals surface area (Å²) in [5.74, 6) is -0.348. The third-order valence-electron chi connectivity index (χ3n) is 4.75. The molecule has 2 aromatic heterocycles. The molecule has 0 amide bonds. The zero-order valence-electron chi connectivity index (χ0n) is 16.6. The van der Waals surface area contributed by atoms with Crippen LogP contribution in [0.2, 0.25) is 0 Å². The standard InChI is InChI=1S/C22H27N3O2/c1-13(2)12-20-15(5)21(24-25(20)14(3)4)19-11-10-18(23-19)16-6-8-17(9-7-16)22(26)27/h6-11,13-14,23H,12H2,1-5H3,(H,26,27). The first-order valence-corrected chi connectivity index (χ1v) is 9.39. The lowest BCUT2D eigenvalue weighted by Crippen LogP contribution is -2.10. The Morgan fingerprint density at radius 3 is 2.26 bits per heavy atom. The number of hydrogen-bond acceptors (Lipinski definition) is 2. The second-order valence-electron chi connectivity index (χ2n) is 7.72. The van der Waals surface area contributed by atoms with E-state index in [4.69, 9.17) is 10.2 Å². The number of H-pyrrole nitrogens is 1. The van der Waals surface area contributed by atoms with Crippen LogP contribution in [-0.4, -0.2) is 25.8 Å². The van der Waals surface area contributed by atoms with E-state index >= 15 is 0 Å². The summed E-state index contributed by atoms with van der Waals surface area (Å²) in [5.41, 5.74) is 6.65. The summed E-state index contributed by atoms with van der Waals surface area (Å²) in [4.78, 5) is 14.5. The molecule has 0 atom stereocenters. The van der Waals surface area contributed by atoms with Gasteiger partial charge in [-0.05, 0) is 68.5 Å². The smallest absolute Gasteiger partial charge is 0.335 e. The van der Waals surface area contributed by atoms with Crippen LogP contribution in [0.3, 0.4) is 0 Å². The van der Waals surface area contributed by atoms with Crippen LogP contribution in [0.25, 0.3) is 22.6 Å². The van der Waals surface area contributed by atoms with Crippen molar-refractivity contribution in [2.24, 2.45) is 5.92 Å². The monoisotopic (exact) mass is 365 g/mol. The second kappa shape index (κ2) is 7.43. The summed E-state index contributed by atoms with van der Waals surface area (Å²) in [6, 6.07) is 11.3. The number of hydrogen-bond donors (Lipinski definition) is 2. The van der Waals surface area contributed by atoms with Crippen LogP contribution >= 0.6 is 0 Å². The predicted molar refractivity (Wildman–Crippen MR) is 108 cm³/mol. The van der Waals surface area contributed by atoms with E-state index in [0.717, 1.165) is 29.1 Å². The predicted octanol–water partition coefficient (Wildman–Crippen LogP) is 5.33. The molecule has 0 bridgehead atoms. The quantitative estimate of drug-likeness (QED) is 0.620. The molecule has 0 aliphatic heterocycles. The van der Waals surface area contributed by atoms with E-state index in [1.807, 2.05) is 24.3 Å². The topological polar surface area (TPSA) is 70.9 Å². The third kappa shape index (κ3) is 3.82. The van der Waals surface area contributed by atoms with Crippen molar-refractivity contribution in [3.8, 4) is 22.6 Å². The van der Waals surface area contributed by atoms with Crippen LogP contribution in [0.1, 0.15) is 55.4 Å². The molecule has 0 saturated heterocycles. The second-order valence-corrected chi connectivity index (χ2v) is 7.72. The molecule has 5 nitrogen and oxygen atoms in total. The number of rotatable bonds is 6. The molecule has 3 rings (SSSR count).